The maximum atomic E-state index is 13.2. The summed E-state index contributed by atoms with van der Waals surface area (Å²) in [4.78, 5) is 32.2. The maximum absolute atomic E-state index is 13.2. The molecular weight excluding hydrogens is 355 g/mol. The summed E-state index contributed by atoms with van der Waals surface area (Å²) in [6.07, 6.45) is 4.08. The number of hydrogen-bond donors (Lipinski definition) is 2. The number of amides is 2. The van der Waals surface area contributed by atoms with E-state index in [2.05, 4.69) is 20.6 Å². The Bertz CT molecular complexity index is 914. The molecule has 0 fully saturated rings. The Kier molecular flexibility index (Phi) is 5.65. The number of anilines is 1. The number of pyridine rings is 1. The largest absolute Gasteiger partial charge is 0.350 e. The number of rotatable bonds is 6. The van der Waals surface area contributed by atoms with E-state index >= 15 is 0 Å². The minimum absolute atomic E-state index is 0.184. The number of hydrogen-bond acceptors (Lipinski definition) is 5. The highest BCUT2D eigenvalue weighted by Crippen LogP contribution is 2.17. The van der Waals surface area contributed by atoms with Crippen LogP contribution < -0.4 is 10.6 Å². The Hall–Kier alpha value is -3.13. The van der Waals surface area contributed by atoms with Crippen LogP contribution in [0.5, 0.6) is 0 Å². The summed E-state index contributed by atoms with van der Waals surface area (Å²) in [7, 11) is 0. The molecule has 3 rings (SSSR count). The molecule has 0 aliphatic heterocycles. The summed E-state index contributed by atoms with van der Waals surface area (Å²) in [5.41, 5.74) is 1.48. The highest BCUT2D eigenvalue weighted by molar-refractivity contribution is 7.14. The van der Waals surface area contributed by atoms with Crippen molar-refractivity contribution in [2.75, 3.05) is 11.9 Å². The fourth-order valence-corrected chi connectivity index (χ4v) is 2.88. The van der Waals surface area contributed by atoms with Crippen molar-refractivity contribution in [2.45, 2.75) is 6.42 Å². The van der Waals surface area contributed by atoms with Gasteiger partial charge in [-0.3, -0.25) is 19.9 Å². The molecule has 0 aliphatic rings. The van der Waals surface area contributed by atoms with Crippen molar-refractivity contribution in [3.05, 3.63) is 76.8 Å². The zero-order chi connectivity index (χ0) is 18.4. The lowest BCUT2D eigenvalue weighted by molar-refractivity contribution is 0.0948. The van der Waals surface area contributed by atoms with Crippen LogP contribution in [0.2, 0.25) is 0 Å². The third-order valence-corrected chi connectivity index (χ3v) is 4.25. The molecule has 6 nitrogen and oxygen atoms in total. The standard InChI is InChI=1S/C18H15FN4O2S/c19-14-3-1-2-13(10-14)16(24)23-18-22-15(11-26-18)17(25)21-9-6-12-4-7-20-8-5-12/h1-5,7-8,10-11H,6,9H2,(H,21,25)(H,22,23,24). The van der Waals surface area contributed by atoms with E-state index in [0.717, 1.165) is 23.0 Å². The van der Waals surface area contributed by atoms with Crippen LogP contribution in [0.3, 0.4) is 0 Å². The van der Waals surface area contributed by atoms with Gasteiger partial charge in [0.15, 0.2) is 5.13 Å². The van der Waals surface area contributed by atoms with E-state index in [1.807, 2.05) is 12.1 Å². The molecule has 26 heavy (non-hydrogen) atoms. The molecule has 0 bridgehead atoms. The third kappa shape index (κ3) is 4.70. The molecule has 2 amide bonds. The second-order valence-electron chi connectivity index (χ2n) is 5.36. The molecule has 0 spiro atoms. The number of aromatic nitrogens is 2. The number of nitrogens with one attached hydrogen (secondary N) is 2. The Morgan fingerprint density at radius 1 is 1.12 bits per heavy atom. The van der Waals surface area contributed by atoms with Gasteiger partial charge in [-0.15, -0.1) is 11.3 Å². The van der Waals surface area contributed by atoms with Gasteiger partial charge in [0.2, 0.25) is 0 Å². The highest BCUT2D eigenvalue weighted by atomic mass is 32.1. The molecule has 2 aromatic heterocycles. The molecule has 3 aromatic rings. The summed E-state index contributed by atoms with van der Waals surface area (Å²) in [6.45, 7) is 0.464. The molecule has 1 aromatic carbocycles. The fraction of sp³-hybridized carbons (Fsp3) is 0.111. The fourth-order valence-electron chi connectivity index (χ4n) is 2.19. The molecule has 0 saturated carbocycles. The van der Waals surface area contributed by atoms with Gasteiger partial charge in [-0.1, -0.05) is 6.07 Å². The lowest BCUT2D eigenvalue weighted by Crippen LogP contribution is -2.26. The Labute approximate surface area is 153 Å². The summed E-state index contributed by atoms with van der Waals surface area (Å²) in [5, 5.41) is 7.17. The normalized spacial score (nSPS) is 10.3. The zero-order valence-corrected chi connectivity index (χ0v) is 14.4. The first kappa shape index (κ1) is 17.7. The van der Waals surface area contributed by atoms with Crippen LogP contribution in [-0.2, 0) is 6.42 Å². The number of halogens is 1. The van der Waals surface area contributed by atoms with Gasteiger partial charge >= 0.3 is 0 Å². The molecule has 8 heteroatoms. The van der Waals surface area contributed by atoms with E-state index in [-0.39, 0.29) is 22.3 Å². The average molecular weight is 370 g/mol. The minimum atomic E-state index is -0.494. The SMILES string of the molecule is O=C(Nc1nc(C(=O)NCCc2ccncc2)cs1)c1cccc(F)c1. The van der Waals surface area contributed by atoms with Crippen LogP contribution >= 0.6 is 11.3 Å². The molecule has 0 unspecified atom stereocenters. The van der Waals surface area contributed by atoms with Crippen molar-refractivity contribution in [1.29, 1.82) is 0 Å². The Morgan fingerprint density at radius 2 is 1.92 bits per heavy atom. The van der Waals surface area contributed by atoms with Gasteiger partial charge in [0.1, 0.15) is 11.5 Å². The van der Waals surface area contributed by atoms with Crippen LogP contribution in [0, 0.1) is 5.82 Å². The lowest BCUT2D eigenvalue weighted by Gasteiger charge is -2.03. The zero-order valence-electron chi connectivity index (χ0n) is 13.6. The molecule has 2 heterocycles. The van der Waals surface area contributed by atoms with Crippen molar-refractivity contribution >= 4 is 28.3 Å². The van der Waals surface area contributed by atoms with Crippen LogP contribution in [0.4, 0.5) is 9.52 Å². The van der Waals surface area contributed by atoms with Crippen molar-refractivity contribution in [2.24, 2.45) is 0 Å². The summed E-state index contributed by atoms with van der Waals surface area (Å²) in [6, 6.07) is 9.11. The van der Waals surface area contributed by atoms with Gasteiger partial charge in [-0.2, -0.15) is 0 Å². The van der Waals surface area contributed by atoms with Gasteiger partial charge in [0.05, 0.1) is 0 Å². The molecule has 0 radical (unpaired) electrons. The van der Waals surface area contributed by atoms with Crippen molar-refractivity contribution in [1.82, 2.24) is 15.3 Å². The van der Waals surface area contributed by atoms with Crippen molar-refractivity contribution < 1.29 is 14.0 Å². The van der Waals surface area contributed by atoms with Gasteiger partial charge in [-0.25, -0.2) is 9.37 Å². The first-order valence-electron chi connectivity index (χ1n) is 7.81. The second kappa shape index (κ2) is 8.30. The predicted octanol–water partition coefficient (Wildman–Crippen LogP) is 2.90. The van der Waals surface area contributed by atoms with Crippen LogP contribution in [-0.4, -0.2) is 28.3 Å². The summed E-state index contributed by atoms with van der Waals surface area (Å²) in [5.74, 6) is -1.30. The molecule has 0 atom stereocenters. The van der Waals surface area contributed by atoms with E-state index < -0.39 is 11.7 Å². The number of nitrogens with zero attached hydrogens (tertiary/aromatic N) is 2. The topological polar surface area (TPSA) is 84.0 Å². The smallest absolute Gasteiger partial charge is 0.270 e. The van der Waals surface area contributed by atoms with Crippen LogP contribution in [0.25, 0.3) is 0 Å². The van der Waals surface area contributed by atoms with Crippen molar-refractivity contribution in [3.63, 3.8) is 0 Å². The van der Waals surface area contributed by atoms with Crippen molar-refractivity contribution in [3.8, 4) is 0 Å². The molecule has 0 saturated heterocycles. The highest BCUT2D eigenvalue weighted by Gasteiger charge is 2.13. The van der Waals surface area contributed by atoms with Crippen LogP contribution in [0.15, 0.2) is 54.2 Å². The molecular formula is C18H15FN4O2S. The lowest BCUT2D eigenvalue weighted by atomic mass is 10.2. The quantitative estimate of drug-likeness (QED) is 0.699. The first-order valence-corrected chi connectivity index (χ1v) is 8.69. The summed E-state index contributed by atoms with van der Waals surface area (Å²) < 4.78 is 13.2. The van der Waals surface area contributed by atoms with E-state index in [1.54, 1.807) is 17.8 Å². The van der Waals surface area contributed by atoms with Gasteiger partial charge in [0.25, 0.3) is 11.8 Å². The monoisotopic (exact) mass is 370 g/mol. The van der Waals surface area contributed by atoms with E-state index in [1.165, 1.54) is 18.2 Å². The van der Waals surface area contributed by atoms with Crippen LogP contribution in [0.1, 0.15) is 26.4 Å². The molecule has 0 aliphatic carbocycles. The number of carbonyl (C=O) groups excluding carboxylic acids is 2. The van der Waals surface area contributed by atoms with Gasteiger partial charge in [-0.05, 0) is 42.3 Å². The Balaban J connectivity index is 1.53. The first-order chi connectivity index (χ1) is 12.6. The van der Waals surface area contributed by atoms with E-state index in [0.29, 0.717) is 13.0 Å². The van der Waals surface area contributed by atoms with E-state index in [4.69, 9.17) is 0 Å². The predicted molar refractivity (Wildman–Crippen MR) is 96.7 cm³/mol. The molecule has 132 valence electrons. The third-order valence-electron chi connectivity index (χ3n) is 3.49. The maximum Gasteiger partial charge on any atom is 0.270 e. The molecule has 2 N–H and O–H groups in total. The van der Waals surface area contributed by atoms with Gasteiger partial charge in [0, 0.05) is 29.9 Å². The minimum Gasteiger partial charge on any atom is -0.350 e. The van der Waals surface area contributed by atoms with E-state index in [9.17, 15) is 14.0 Å². The number of thiazole rings is 1. The Morgan fingerprint density at radius 3 is 2.69 bits per heavy atom. The average Bonchev–Trinajstić information content (AvgIpc) is 3.11. The summed E-state index contributed by atoms with van der Waals surface area (Å²) >= 11 is 1.13. The second-order valence-corrected chi connectivity index (χ2v) is 6.22. The number of carbonyl (C=O) groups is 2. The van der Waals surface area contributed by atoms with Gasteiger partial charge < -0.3 is 5.32 Å². The number of benzene rings is 1.